The van der Waals surface area contributed by atoms with Gasteiger partial charge in [-0.25, -0.2) is 13.4 Å². The Hall–Kier alpha value is -3.63. The van der Waals surface area contributed by atoms with E-state index < -0.39 is 16.1 Å². The molecule has 0 saturated heterocycles. The number of rotatable bonds is 10. The number of nitrogens with zero attached hydrogens (tertiary/aromatic N) is 3. The van der Waals surface area contributed by atoms with E-state index in [2.05, 4.69) is 20.3 Å². The Balaban J connectivity index is 1.57. The number of aromatic nitrogens is 3. The van der Waals surface area contributed by atoms with Crippen LogP contribution in [-0.4, -0.2) is 36.2 Å². The summed E-state index contributed by atoms with van der Waals surface area (Å²) in [5.41, 5.74) is 2.05. The van der Waals surface area contributed by atoms with Gasteiger partial charge in [0.05, 0.1) is 34.2 Å². The number of hydrogen-bond acceptors (Lipinski definition) is 7. The Bertz CT molecular complexity index is 1590. The number of pyridine rings is 3. The predicted octanol–water partition coefficient (Wildman–Crippen LogP) is 5.15. The van der Waals surface area contributed by atoms with Crippen LogP contribution in [0.3, 0.4) is 0 Å². The summed E-state index contributed by atoms with van der Waals surface area (Å²) in [6.45, 7) is 6.33. The topological polar surface area (TPSA) is 117 Å². The minimum Gasteiger partial charge on any atom is -0.486 e. The number of aromatic amines is 1. The normalized spacial score (nSPS) is 12.5. The molecule has 1 aromatic carbocycles. The van der Waals surface area contributed by atoms with Gasteiger partial charge in [-0.1, -0.05) is 31.5 Å². The maximum absolute atomic E-state index is 13.0. The van der Waals surface area contributed by atoms with Crippen molar-refractivity contribution in [3.63, 3.8) is 0 Å². The first-order valence-electron chi connectivity index (χ1n) is 12.1. The smallest absolute Gasteiger partial charge is 0.253 e. The molecule has 4 rings (SSSR count). The van der Waals surface area contributed by atoms with E-state index in [0.29, 0.717) is 39.9 Å². The molecule has 0 saturated carbocycles. The van der Waals surface area contributed by atoms with Crippen LogP contribution >= 0.6 is 11.6 Å². The number of ether oxygens (including phenoxy) is 1. The number of benzene rings is 1. The fraction of sp³-hybridized carbons (Fsp3) is 0.296. The van der Waals surface area contributed by atoms with Crippen molar-refractivity contribution in [3.8, 4) is 5.75 Å². The van der Waals surface area contributed by atoms with E-state index in [0.717, 1.165) is 11.1 Å². The molecule has 0 aliphatic rings. The van der Waals surface area contributed by atoms with E-state index in [-0.39, 0.29) is 18.1 Å². The van der Waals surface area contributed by atoms with Gasteiger partial charge in [-0.2, -0.15) is 0 Å². The van der Waals surface area contributed by atoms with Gasteiger partial charge in [0, 0.05) is 42.0 Å². The van der Waals surface area contributed by atoms with Gasteiger partial charge in [0.15, 0.2) is 0 Å². The first-order chi connectivity index (χ1) is 18.0. The number of fused-ring (bicyclic) bond motifs is 1. The minimum absolute atomic E-state index is 0.136. The second-order valence-corrected chi connectivity index (χ2v) is 11.8. The summed E-state index contributed by atoms with van der Waals surface area (Å²) >= 11 is 6.47. The molecule has 0 amide bonds. The van der Waals surface area contributed by atoms with Crippen LogP contribution in [0.25, 0.3) is 10.9 Å². The third-order valence-electron chi connectivity index (χ3n) is 5.82. The number of halogens is 1. The SMILES string of the molecule is CC(C)CN(c1ccnc(NC(C)c2cc3cc(Cl)c(OCc4ccccn4)cc3[nH]c2=O)c1)S(C)(=O)=O. The van der Waals surface area contributed by atoms with E-state index in [1.54, 1.807) is 42.7 Å². The Kier molecular flexibility index (Phi) is 8.23. The van der Waals surface area contributed by atoms with Crippen molar-refractivity contribution in [2.75, 3.05) is 22.4 Å². The Morgan fingerprint density at radius 2 is 1.87 bits per heavy atom. The number of nitrogens with one attached hydrogen (secondary N) is 2. The molecule has 0 fully saturated rings. The highest BCUT2D eigenvalue weighted by atomic mass is 35.5. The molecule has 0 bridgehead atoms. The van der Waals surface area contributed by atoms with Gasteiger partial charge in [-0.3, -0.25) is 14.1 Å². The fourth-order valence-corrected chi connectivity index (χ4v) is 5.30. The number of anilines is 2. The zero-order valence-corrected chi connectivity index (χ0v) is 23.2. The van der Waals surface area contributed by atoms with Crippen LogP contribution in [0.1, 0.15) is 38.1 Å². The molecule has 0 spiro atoms. The first-order valence-corrected chi connectivity index (χ1v) is 14.3. The van der Waals surface area contributed by atoms with Gasteiger partial charge >= 0.3 is 0 Å². The van der Waals surface area contributed by atoms with Gasteiger partial charge in [-0.15, -0.1) is 0 Å². The molecule has 200 valence electrons. The van der Waals surface area contributed by atoms with Crippen molar-refractivity contribution in [2.45, 2.75) is 33.4 Å². The summed E-state index contributed by atoms with van der Waals surface area (Å²) in [6, 6.07) is 13.7. The number of H-pyrrole nitrogens is 1. The van der Waals surface area contributed by atoms with Crippen LogP contribution in [0.4, 0.5) is 11.5 Å². The Morgan fingerprint density at radius 1 is 1.08 bits per heavy atom. The molecule has 0 aliphatic carbocycles. The van der Waals surface area contributed by atoms with Gasteiger partial charge in [0.1, 0.15) is 18.2 Å². The molecule has 9 nitrogen and oxygen atoms in total. The summed E-state index contributed by atoms with van der Waals surface area (Å²) in [4.78, 5) is 24.4. The molecule has 1 atom stereocenters. The highest BCUT2D eigenvalue weighted by molar-refractivity contribution is 7.92. The summed E-state index contributed by atoms with van der Waals surface area (Å²) in [7, 11) is -3.47. The molecule has 2 N–H and O–H groups in total. The third kappa shape index (κ3) is 6.62. The van der Waals surface area contributed by atoms with Crippen molar-refractivity contribution in [2.24, 2.45) is 5.92 Å². The van der Waals surface area contributed by atoms with E-state index >= 15 is 0 Å². The van der Waals surface area contributed by atoms with Gasteiger partial charge in [-0.05, 0) is 43.2 Å². The van der Waals surface area contributed by atoms with Crippen molar-refractivity contribution < 1.29 is 13.2 Å². The molecular formula is C27H30ClN5O4S. The molecule has 1 unspecified atom stereocenters. The fourth-order valence-electron chi connectivity index (χ4n) is 4.01. The lowest BCUT2D eigenvalue weighted by Crippen LogP contribution is -2.33. The second-order valence-electron chi connectivity index (χ2n) is 9.49. The molecule has 3 heterocycles. The quantitative estimate of drug-likeness (QED) is 0.278. The zero-order valence-electron chi connectivity index (χ0n) is 21.6. The Morgan fingerprint density at radius 3 is 2.55 bits per heavy atom. The number of sulfonamides is 1. The van der Waals surface area contributed by atoms with Crippen molar-refractivity contribution in [3.05, 3.63) is 87.6 Å². The molecule has 38 heavy (non-hydrogen) atoms. The van der Waals surface area contributed by atoms with Crippen molar-refractivity contribution >= 4 is 44.0 Å². The zero-order chi connectivity index (χ0) is 27.4. The standard InChI is InChI=1S/C27H30ClN5O4S/c1-17(2)15-33(38(4,35)36)21-8-10-30-26(13-21)31-18(3)22-11-19-12-23(28)25(14-24(19)32-27(22)34)37-16-20-7-5-6-9-29-20/h5-14,17-18H,15-16H2,1-4H3,(H,30,31)(H,32,34). The number of hydrogen-bond donors (Lipinski definition) is 2. The largest absolute Gasteiger partial charge is 0.486 e. The molecule has 4 aromatic rings. The average Bonchev–Trinajstić information content (AvgIpc) is 2.86. The van der Waals surface area contributed by atoms with Crippen LogP contribution in [0.15, 0.2) is 65.7 Å². The summed E-state index contributed by atoms with van der Waals surface area (Å²) in [5, 5.41) is 4.36. The lowest BCUT2D eigenvalue weighted by Gasteiger charge is -2.25. The highest BCUT2D eigenvalue weighted by Gasteiger charge is 2.20. The molecule has 3 aromatic heterocycles. The molecule has 0 radical (unpaired) electrons. The van der Waals surface area contributed by atoms with Crippen LogP contribution in [0.5, 0.6) is 5.75 Å². The van der Waals surface area contributed by atoms with E-state index in [1.807, 2.05) is 39.0 Å². The average molecular weight is 556 g/mol. The maximum atomic E-state index is 13.0. The van der Waals surface area contributed by atoms with Crippen molar-refractivity contribution in [1.29, 1.82) is 0 Å². The molecule has 11 heteroatoms. The third-order valence-corrected chi connectivity index (χ3v) is 7.28. The van der Waals surface area contributed by atoms with Crippen LogP contribution in [0.2, 0.25) is 5.02 Å². The lowest BCUT2D eigenvalue weighted by atomic mass is 10.1. The highest BCUT2D eigenvalue weighted by Crippen LogP contribution is 2.31. The van der Waals surface area contributed by atoms with E-state index in [1.165, 1.54) is 10.6 Å². The second kappa shape index (κ2) is 11.4. The maximum Gasteiger partial charge on any atom is 0.253 e. The van der Waals surface area contributed by atoms with Gasteiger partial charge in [0.25, 0.3) is 5.56 Å². The van der Waals surface area contributed by atoms with Crippen LogP contribution < -0.4 is 19.9 Å². The summed E-state index contributed by atoms with van der Waals surface area (Å²) in [6.07, 6.45) is 4.41. The van der Waals surface area contributed by atoms with Gasteiger partial charge < -0.3 is 15.0 Å². The van der Waals surface area contributed by atoms with E-state index in [9.17, 15) is 13.2 Å². The van der Waals surface area contributed by atoms with Crippen molar-refractivity contribution in [1.82, 2.24) is 15.0 Å². The molecular weight excluding hydrogens is 526 g/mol. The lowest BCUT2D eigenvalue weighted by molar-refractivity contribution is 0.302. The van der Waals surface area contributed by atoms with Crippen LogP contribution in [0, 0.1) is 5.92 Å². The summed E-state index contributed by atoms with van der Waals surface area (Å²) < 4.78 is 31.9. The van der Waals surface area contributed by atoms with E-state index in [4.69, 9.17) is 16.3 Å². The Labute approximate surface area is 226 Å². The first kappa shape index (κ1) is 27.4. The minimum atomic E-state index is -3.47. The van der Waals surface area contributed by atoms with Crippen LogP contribution in [-0.2, 0) is 16.6 Å². The summed E-state index contributed by atoms with van der Waals surface area (Å²) in [5.74, 6) is 1.03. The molecule has 0 aliphatic heterocycles. The monoisotopic (exact) mass is 555 g/mol. The predicted molar refractivity (Wildman–Crippen MR) is 151 cm³/mol. The van der Waals surface area contributed by atoms with Gasteiger partial charge in [0.2, 0.25) is 10.0 Å².